The second-order valence-corrected chi connectivity index (χ2v) is 26.0. The predicted molar refractivity (Wildman–Crippen MR) is 202 cm³/mol. The van der Waals surface area contributed by atoms with Gasteiger partial charge in [-0.05, 0) is 136 Å². The first-order valence-electron chi connectivity index (χ1n) is 19.4. The monoisotopic (exact) mass is 675 g/mol. The van der Waals surface area contributed by atoms with Crippen LogP contribution in [-0.4, -0.2) is 50.3 Å². The summed E-state index contributed by atoms with van der Waals surface area (Å²) in [4.78, 5) is 0. The van der Waals surface area contributed by atoms with Gasteiger partial charge in [0.2, 0.25) is 0 Å². The zero-order chi connectivity index (χ0) is 34.6. The van der Waals surface area contributed by atoms with E-state index >= 15 is 0 Å². The summed E-state index contributed by atoms with van der Waals surface area (Å²) < 4.78 is 13.9. The van der Waals surface area contributed by atoms with Crippen molar-refractivity contribution in [2.75, 3.05) is 0 Å². The molecule has 0 spiro atoms. The zero-order valence-corrected chi connectivity index (χ0v) is 34.0. The molecule has 0 amide bonds. The first-order valence-corrected chi connectivity index (χ1v) is 24.5. The Morgan fingerprint density at radius 2 is 1.50 bits per heavy atom. The molecule has 0 bridgehead atoms. The zero-order valence-electron chi connectivity index (χ0n) is 32.0. The molecule has 0 saturated heterocycles. The molecule has 0 radical (unpaired) electrons. The van der Waals surface area contributed by atoms with Gasteiger partial charge in [0, 0.05) is 12.0 Å². The second-order valence-electron chi connectivity index (χ2n) is 16.5. The van der Waals surface area contributed by atoms with Gasteiger partial charge in [0.25, 0.3) is 0 Å². The van der Waals surface area contributed by atoms with Crippen LogP contribution in [-0.2, 0) is 8.85 Å². The largest absolute Gasteiger partial charge is 0.414 e. The van der Waals surface area contributed by atoms with Crippen molar-refractivity contribution in [3.8, 4) is 0 Å². The second kappa shape index (κ2) is 16.0. The highest BCUT2D eigenvalue weighted by atomic mass is 28.4. The van der Waals surface area contributed by atoms with E-state index in [-0.39, 0.29) is 23.0 Å². The van der Waals surface area contributed by atoms with Crippen molar-refractivity contribution in [1.29, 1.82) is 0 Å². The summed E-state index contributed by atoms with van der Waals surface area (Å²) in [6.45, 7) is 29.8. The van der Waals surface area contributed by atoms with Crippen molar-refractivity contribution < 1.29 is 19.1 Å². The molecule has 2 N–H and O–H groups in total. The van der Waals surface area contributed by atoms with E-state index in [1.165, 1.54) is 18.1 Å². The number of fused-ring (bicyclic) bond motifs is 1. The van der Waals surface area contributed by atoms with Gasteiger partial charge >= 0.3 is 0 Å². The Morgan fingerprint density at radius 3 is 2.07 bits per heavy atom. The van der Waals surface area contributed by atoms with E-state index in [4.69, 9.17) is 8.85 Å². The minimum absolute atomic E-state index is 0.00397. The van der Waals surface area contributed by atoms with Gasteiger partial charge in [0.05, 0.1) is 11.2 Å². The number of hydrogen-bond acceptors (Lipinski definition) is 4. The van der Waals surface area contributed by atoms with Crippen LogP contribution in [0.3, 0.4) is 0 Å². The first kappa shape index (κ1) is 39.9. The summed E-state index contributed by atoms with van der Waals surface area (Å²) in [5.74, 6) is 1.31. The molecule has 4 nitrogen and oxygen atoms in total. The lowest BCUT2D eigenvalue weighted by Crippen LogP contribution is -2.56. The van der Waals surface area contributed by atoms with Crippen molar-refractivity contribution in [2.24, 2.45) is 29.1 Å². The minimum Gasteiger partial charge on any atom is -0.414 e. The van der Waals surface area contributed by atoms with Gasteiger partial charge < -0.3 is 19.1 Å². The van der Waals surface area contributed by atoms with Crippen LogP contribution in [0.5, 0.6) is 0 Å². The van der Waals surface area contributed by atoms with E-state index in [9.17, 15) is 10.2 Å². The Labute approximate surface area is 287 Å². The third kappa shape index (κ3) is 8.26. The highest BCUT2D eigenvalue weighted by Gasteiger charge is 2.59. The van der Waals surface area contributed by atoms with E-state index in [0.29, 0.717) is 24.2 Å². The third-order valence-electron chi connectivity index (χ3n) is 14.0. The van der Waals surface area contributed by atoms with Crippen molar-refractivity contribution in [2.45, 2.75) is 187 Å². The summed E-state index contributed by atoms with van der Waals surface area (Å²) in [6.07, 6.45) is 13.7. The average Bonchev–Trinajstić information content (AvgIpc) is 3.41. The van der Waals surface area contributed by atoms with Gasteiger partial charge in [0.15, 0.2) is 16.6 Å². The smallest absolute Gasteiger partial charge is 0.192 e. The van der Waals surface area contributed by atoms with Gasteiger partial charge in [0.1, 0.15) is 6.10 Å². The lowest BCUT2D eigenvalue weighted by Gasteiger charge is -2.52. The standard InChI is InChI=1S/C40H74O4Si2/c1-13-45(14-2,15-3)43-34-23-21-30(7)33(28-34)29-37(41)40(42)27-19-26-39(12)35(24-25-36(39)40)31(8)20-22-32(9)38(10,11)44-46(16-4,17-5)18-6/h20,22,29,31-32,34-37,41-42H,7,13-19,21,23-28H2,1-6,8-12H3/t31-,32+,34+,35-,36-,37?,39-,40?/m1/s1. The van der Waals surface area contributed by atoms with Crippen molar-refractivity contribution in [1.82, 2.24) is 0 Å². The summed E-state index contributed by atoms with van der Waals surface area (Å²) in [5.41, 5.74) is 0.943. The molecule has 0 aliphatic heterocycles. The molecule has 3 saturated carbocycles. The molecule has 3 fully saturated rings. The Morgan fingerprint density at radius 1 is 0.913 bits per heavy atom. The highest BCUT2D eigenvalue weighted by molar-refractivity contribution is 6.74. The maximum absolute atomic E-state index is 12.4. The molecule has 0 aromatic heterocycles. The molecule has 46 heavy (non-hydrogen) atoms. The SMILES string of the molecule is C=C1CC[C@H](O[Si](CC)(CC)CC)CC1=CC(O)C1(O)CCC[C@]2(C)[C@@H]([C@H](C)C=C[C@H](C)C(C)(C)O[Si](CC)(CC)CC)CC[C@@H]12. The summed E-state index contributed by atoms with van der Waals surface area (Å²) in [5, 5.41) is 24.2. The van der Waals surface area contributed by atoms with Crippen molar-refractivity contribution in [3.63, 3.8) is 0 Å². The Bertz CT molecular complexity index is 1040. The molecular weight excluding hydrogens is 601 g/mol. The fourth-order valence-electron chi connectivity index (χ4n) is 9.88. The summed E-state index contributed by atoms with van der Waals surface area (Å²) in [6, 6.07) is 6.96. The van der Waals surface area contributed by atoms with Crippen LogP contribution in [0, 0.1) is 29.1 Å². The molecule has 0 heterocycles. The van der Waals surface area contributed by atoms with Crippen LogP contribution in [0.2, 0.25) is 36.3 Å². The average molecular weight is 675 g/mol. The molecule has 3 aliphatic rings. The van der Waals surface area contributed by atoms with Gasteiger partial charge in [-0.25, -0.2) is 0 Å². The number of hydrogen-bond donors (Lipinski definition) is 2. The maximum atomic E-state index is 12.4. The lowest BCUT2D eigenvalue weighted by molar-refractivity contribution is -0.155. The molecule has 2 unspecified atom stereocenters. The molecule has 8 atom stereocenters. The predicted octanol–water partition coefficient (Wildman–Crippen LogP) is 11.0. The minimum atomic E-state index is -1.71. The molecule has 3 rings (SSSR count). The Kier molecular flexibility index (Phi) is 13.9. The fraction of sp³-hybridized carbons (Fsp3) is 0.850. The summed E-state index contributed by atoms with van der Waals surface area (Å²) in [7, 11) is -3.41. The van der Waals surface area contributed by atoms with Gasteiger partial charge in [-0.1, -0.05) is 86.6 Å². The normalized spacial score (nSPS) is 32.6. The number of aliphatic hydroxyl groups is 2. The quantitative estimate of drug-likeness (QED) is 0.126. The maximum Gasteiger partial charge on any atom is 0.192 e. The van der Waals surface area contributed by atoms with Gasteiger partial charge in [-0.15, -0.1) is 0 Å². The molecule has 266 valence electrons. The van der Waals surface area contributed by atoms with Crippen LogP contribution in [0.1, 0.15) is 128 Å². The summed E-state index contributed by atoms with van der Waals surface area (Å²) >= 11 is 0. The van der Waals surface area contributed by atoms with Gasteiger partial charge in [-0.3, -0.25) is 0 Å². The van der Waals surface area contributed by atoms with Crippen LogP contribution in [0.4, 0.5) is 0 Å². The molecular formula is C40H74O4Si2. The number of aliphatic hydroxyl groups excluding tert-OH is 1. The van der Waals surface area contributed by atoms with E-state index in [1.807, 2.05) is 6.08 Å². The van der Waals surface area contributed by atoms with Gasteiger partial charge in [-0.2, -0.15) is 0 Å². The van der Waals surface area contributed by atoms with Crippen LogP contribution in [0.15, 0.2) is 36.0 Å². The van der Waals surface area contributed by atoms with Crippen molar-refractivity contribution in [3.05, 3.63) is 36.0 Å². The van der Waals surface area contributed by atoms with Crippen LogP contribution >= 0.6 is 0 Å². The molecule has 6 heteroatoms. The van der Waals surface area contributed by atoms with Crippen LogP contribution < -0.4 is 0 Å². The molecule has 0 aromatic rings. The van der Waals surface area contributed by atoms with E-state index in [0.717, 1.165) is 74.2 Å². The van der Waals surface area contributed by atoms with Crippen molar-refractivity contribution >= 4 is 16.6 Å². The van der Waals surface area contributed by atoms with Crippen LogP contribution in [0.25, 0.3) is 0 Å². The third-order valence-corrected chi connectivity index (χ3v) is 23.6. The number of rotatable bonds is 16. The highest BCUT2D eigenvalue weighted by Crippen LogP contribution is 2.61. The fourth-order valence-corrected chi connectivity index (χ4v) is 16.0. The van der Waals surface area contributed by atoms with E-state index in [1.54, 1.807) is 0 Å². The number of allylic oxidation sites excluding steroid dienone is 2. The first-order chi connectivity index (χ1) is 21.5. The van der Waals surface area contributed by atoms with E-state index in [2.05, 4.69) is 94.9 Å². The Balaban J connectivity index is 1.76. The van der Waals surface area contributed by atoms with E-state index < -0.39 is 28.3 Å². The molecule has 0 aromatic carbocycles. The Hall–Kier alpha value is -0.506. The molecule has 3 aliphatic carbocycles. The lowest BCUT2D eigenvalue weighted by atomic mass is 9.56. The topological polar surface area (TPSA) is 58.9 Å².